The second kappa shape index (κ2) is 5.41. The SMILES string of the molecule is Cc1cc(C)cc(N(C)S(=O)(=O)c2c(C)cccc2N)c1. The quantitative estimate of drug-likeness (QED) is 0.887. The van der Waals surface area contributed by atoms with Crippen LogP contribution in [0.5, 0.6) is 0 Å². The van der Waals surface area contributed by atoms with Gasteiger partial charge in [0.2, 0.25) is 0 Å². The van der Waals surface area contributed by atoms with E-state index in [0.717, 1.165) is 11.1 Å². The molecule has 0 fully saturated rings. The second-order valence-electron chi connectivity index (χ2n) is 5.31. The lowest BCUT2D eigenvalue weighted by Crippen LogP contribution is -2.28. The number of hydrogen-bond donors (Lipinski definition) is 1. The summed E-state index contributed by atoms with van der Waals surface area (Å²) in [4.78, 5) is 0.173. The highest BCUT2D eigenvalue weighted by Gasteiger charge is 2.25. The Morgan fingerprint density at radius 2 is 1.57 bits per heavy atom. The number of nitrogen functional groups attached to an aromatic ring is 1. The van der Waals surface area contributed by atoms with Crippen LogP contribution in [0.25, 0.3) is 0 Å². The van der Waals surface area contributed by atoms with Gasteiger partial charge in [-0.05, 0) is 55.7 Å². The molecule has 21 heavy (non-hydrogen) atoms. The van der Waals surface area contributed by atoms with Crippen molar-refractivity contribution >= 4 is 21.4 Å². The molecule has 0 bridgehead atoms. The van der Waals surface area contributed by atoms with Crippen LogP contribution in [0.3, 0.4) is 0 Å². The van der Waals surface area contributed by atoms with Crippen molar-refractivity contribution in [2.45, 2.75) is 25.7 Å². The van der Waals surface area contributed by atoms with Gasteiger partial charge in [0.1, 0.15) is 4.90 Å². The summed E-state index contributed by atoms with van der Waals surface area (Å²) in [6.07, 6.45) is 0. The van der Waals surface area contributed by atoms with E-state index in [9.17, 15) is 8.42 Å². The van der Waals surface area contributed by atoms with Crippen LogP contribution < -0.4 is 10.0 Å². The van der Waals surface area contributed by atoms with Crippen molar-refractivity contribution in [3.8, 4) is 0 Å². The van der Waals surface area contributed by atoms with Crippen LogP contribution >= 0.6 is 0 Å². The highest BCUT2D eigenvalue weighted by Crippen LogP contribution is 2.29. The average Bonchev–Trinajstić information content (AvgIpc) is 2.36. The van der Waals surface area contributed by atoms with Crippen LogP contribution in [0.2, 0.25) is 0 Å². The molecule has 0 spiro atoms. The number of benzene rings is 2. The van der Waals surface area contributed by atoms with Crippen molar-refractivity contribution in [1.82, 2.24) is 0 Å². The number of nitrogens with two attached hydrogens (primary N) is 1. The zero-order valence-electron chi connectivity index (χ0n) is 12.7. The number of sulfonamides is 1. The third-order valence-electron chi connectivity index (χ3n) is 3.43. The third-order valence-corrected chi connectivity index (χ3v) is 5.44. The average molecular weight is 304 g/mol. The van der Waals surface area contributed by atoms with Gasteiger partial charge in [0, 0.05) is 7.05 Å². The molecule has 0 amide bonds. The molecule has 0 atom stereocenters. The summed E-state index contributed by atoms with van der Waals surface area (Å²) < 4.78 is 27.0. The zero-order chi connectivity index (χ0) is 15.8. The second-order valence-corrected chi connectivity index (χ2v) is 7.22. The number of anilines is 2. The smallest absolute Gasteiger partial charge is 0.266 e. The minimum atomic E-state index is -3.68. The highest BCUT2D eigenvalue weighted by molar-refractivity contribution is 7.93. The molecule has 2 N–H and O–H groups in total. The van der Waals surface area contributed by atoms with E-state index in [0.29, 0.717) is 11.3 Å². The predicted molar refractivity (Wildman–Crippen MR) is 87.1 cm³/mol. The Hall–Kier alpha value is -2.01. The van der Waals surface area contributed by atoms with Gasteiger partial charge in [-0.2, -0.15) is 0 Å². The lowest BCUT2D eigenvalue weighted by molar-refractivity contribution is 0.594. The lowest BCUT2D eigenvalue weighted by atomic mass is 10.1. The maximum Gasteiger partial charge on any atom is 0.266 e. The molecule has 2 rings (SSSR count). The van der Waals surface area contributed by atoms with E-state index in [4.69, 9.17) is 5.73 Å². The molecule has 0 aliphatic rings. The van der Waals surface area contributed by atoms with Crippen LogP contribution in [-0.2, 0) is 10.0 Å². The normalized spacial score (nSPS) is 11.4. The largest absolute Gasteiger partial charge is 0.398 e. The predicted octanol–water partition coefficient (Wildman–Crippen LogP) is 3.02. The first-order valence-electron chi connectivity index (χ1n) is 6.66. The van der Waals surface area contributed by atoms with Gasteiger partial charge in [0.25, 0.3) is 10.0 Å². The maximum absolute atomic E-state index is 12.8. The Labute approximate surface area is 126 Å². The van der Waals surface area contributed by atoms with Crippen LogP contribution in [0.15, 0.2) is 41.3 Å². The van der Waals surface area contributed by atoms with Gasteiger partial charge in [-0.15, -0.1) is 0 Å². The van der Waals surface area contributed by atoms with Gasteiger partial charge in [-0.1, -0.05) is 18.2 Å². The molecule has 0 unspecified atom stereocenters. The Kier molecular flexibility index (Phi) is 3.96. The molecule has 4 nitrogen and oxygen atoms in total. The fraction of sp³-hybridized carbons (Fsp3) is 0.250. The number of hydrogen-bond acceptors (Lipinski definition) is 3. The molecule has 0 saturated heterocycles. The Balaban J connectivity index is 2.58. The Morgan fingerprint density at radius 3 is 2.10 bits per heavy atom. The molecule has 2 aromatic rings. The molecule has 5 heteroatoms. The first-order valence-corrected chi connectivity index (χ1v) is 8.10. The monoisotopic (exact) mass is 304 g/mol. The first kappa shape index (κ1) is 15.4. The van der Waals surface area contributed by atoms with Crippen LogP contribution in [-0.4, -0.2) is 15.5 Å². The molecule has 0 aromatic heterocycles. The van der Waals surface area contributed by atoms with E-state index in [1.165, 1.54) is 4.31 Å². The van der Waals surface area contributed by atoms with E-state index in [1.54, 1.807) is 32.2 Å². The van der Waals surface area contributed by atoms with Gasteiger partial charge >= 0.3 is 0 Å². The summed E-state index contributed by atoms with van der Waals surface area (Å²) in [6, 6.07) is 10.8. The first-order chi connectivity index (χ1) is 9.73. The molecule has 112 valence electrons. The summed E-state index contributed by atoms with van der Waals surface area (Å²) in [5.74, 6) is 0. The summed E-state index contributed by atoms with van der Waals surface area (Å²) >= 11 is 0. The summed E-state index contributed by atoms with van der Waals surface area (Å²) in [7, 11) is -2.13. The fourth-order valence-electron chi connectivity index (χ4n) is 2.44. The standard InChI is InChI=1S/C16H20N2O2S/c1-11-8-12(2)10-14(9-11)18(4)21(19,20)16-13(3)6-5-7-15(16)17/h5-10H,17H2,1-4H3. The highest BCUT2D eigenvalue weighted by atomic mass is 32.2. The topological polar surface area (TPSA) is 63.4 Å². The van der Waals surface area contributed by atoms with Gasteiger partial charge in [-0.25, -0.2) is 8.42 Å². The lowest BCUT2D eigenvalue weighted by Gasteiger charge is -2.22. The van der Waals surface area contributed by atoms with Crippen molar-refractivity contribution in [3.05, 3.63) is 53.1 Å². The van der Waals surface area contributed by atoms with Crippen molar-refractivity contribution in [3.63, 3.8) is 0 Å². The van der Waals surface area contributed by atoms with E-state index in [-0.39, 0.29) is 10.6 Å². The maximum atomic E-state index is 12.8. The molecule has 0 aliphatic heterocycles. The number of aryl methyl sites for hydroxylation is 3. The molecular weight excluding hydrogens is 284 g/mol. The Bertz CT molecular complexity index is 742. The van der Waals surface area contributed by atoms with E-state index in [1.807, 2.05) is 32.0 Å². The van der Waals surface area contributed by atoms with Crippen molar-refractivity contribution in [1.29, 1.82) is 0 Å². The van der Waals surface area contributed by atoms with E-state index in [2.05, 4.69) is 0 Å². The molecule has 0 radical (unpaired) electrons. The number of rotatable bonds is 3. The molecule has 0 saturated carbocycles. The Morgan fingerprint density at radius 1 is 1.00 bits per heavy atom. The van der Waals surface area contributed by atoms with Gasteiger partial charge in [-0.3, -0.25) is 4.31 Å². The molecule has 0 heterocycles. The van der Waals surface area contributed by atoms with Crippen molar-refractivity contribution < 1.29 is 8.42 Å². The minimum Gasteiger partial charge on any atom is -0.398 e. The zero-order valence-corrected chi connectivity index (χ0v) is 13.5. The molecule has 2 aromatic carbocycles. The minimum absolute atomic E-state index is 0.173. The fourth-order valence-corrected chi connectivity index (χ4v) is 3.93. The summed E-state index contributed by atoms with van der Waals surface area (Å²) in [6.45, 7) is 5.64. The van der Waals surface area contributed by atoms with E-state index >= 15 is 0 Å². The molecular formula is C16H20N2O2S. The summed E-state index contributed by atoms with van der Waals surface area (Å²) in [5, 5.41) is 0. The van der Waals surface area contributed by atoms with Crippen LogP contribution in [0.4, 0.5) is 11.4 Å². The molecule has 0 aliphatic carbocycles. The van der Waals surface area contributed by atoms with Gasteiger partial charge in [0.15, 0.2) is 0 Å². The van der Waals surface area contributed by atoms with Gasteiger partial charge in [0.05, 0.1) is 11.4 Å². The summed E-state index contributed by atoms with van der Waals surface area (Å²) in [5.41, 5.74) is 9.46. The van der Waals surface area contributed by atoms with Crippen LogP contribution in [0, 0.1) is 20.8 Å². The van der Waals surface area contributed by atoms with Crippen molar-refractivity contribution in [2.24, 2.45) is 0 Å². The number of nitrogens with zero attached hydrogens (tertiary/aromatic N) is 1. The third kappa shape index (κ3) is 2.88. The van der Waals surface area contributed by atoms with E-state index < -0.39 is 10.0 Å². The van der Waals surface area contributed by atoms with Crippen LogP contribution in [0.1, 0.15) is 16.7 Å². The van der Waals surface area contributed by atoms with Gasteiger partial charge < -0.3 is 5.73 Å². The van der Waals surface area contributed by atoms with Crippen molar-refractivity contribution in [2.75, 3.05) is 17.1 Å².